The van der Waals surface area contributed by atoms with E-state index in [2.05, 4.69) is 9.17 Å². The third-order valence-corrected chi connectivity index (χ3v) is 9.27. The largest absolute Gasteiger partial charge is 0.460 e. The molecule has 0 amide bonds. The number of hydrogen-bond acceptors (Lipinski definition) is 5. The summed E-state index contributed by atoms with van der Waals surface area (Å²) in [4.78, 5) is 3.33. The summed E-state index contributed by atoms with van der Waals surface area (Å²) < 4.78 is 159. The maximum atomic E-state index is 14.1. The molecular formula is C21H13F9NO4PS. The van der Waals surface area contributed by atoms with Gasteiger partial charge in [0.15, 0.2) is 7.14 Å². The predicted molar refractivity (Wildman–Crippen MR) is 114 cm³/mol. The second kappa shape index (κ2) is 9.35. The molecule has 1 heterocycles. The van der Waals surface area contributed by atoms with E-state index in [4.69, 9.17) is 0 Å². The van der Waals surface area contributed by atoms with Crippen LogP contribution in [0.3, 0.4) is 0 Å². The molecule has 0 fully saturated rings. The molecule has 0 radical (unpaired) electrons. The van der Waals surface area contributed by atoms with Gasteiger partial charge in [-0.1, -0.05) is 60.7 Å². The van der Waals surface area contributed by atoms with Crippen molar-refractivity contribution in [2.75, 3.05) is 0 Å². The van der Waals surface area contributed by atoms with Crippen LogP contribution in [0.4, 0.5) is 39.5 Å². The van der Waals surface area contributed by atoms with Crippen molar-refractivity contribution in [1.82, 2.24) is 4.98 Å². The normalized spacial score (nSPS) is 13.9. The molecule has 0 atom stereocenters. The van der Waals surface area contributed by atoms with Crippen LogP contribution in [0.15, 0.2) is 79.0 Å². The van der Waals surface area contributed by atoms with Gasteiger partial charge in [0.25, 0.3) is 0 Å². The molecule has 0 aliphatic heterocycles. The van der Waals surface area contributed by atoms with Gasteiger partial charge in [-0.2, -0.15) is 47.9 Å². The summed E-state index contributed by atoms with van der Waals surface area (Å²) in [6.07, 6.45) is -6.52. The Morgan fingerprint density at radius 2 is 1.11 bits per heavy atom. The first kappa shape index (κ1) is 28.5. The summed E-state index contributed by atoms with van der Waals surface area (Å²) in [5.41, 5.74) is 0. The minimum absolute atomic E-state index is 0.102. The van der Waals surface area contributed by atoms with Gasteiger partial charge in [0.05, 0.1) is 0 Å². The maximum Gasteiger partial charge on any atom is 0.460 e. The first-order valence-electron chi connectivity index (χ1n) is 9.72. The molecule has 1 aromatic heterocycles. The zero-order chi connectivity index (χ0) is 27.9. The van der Waals surface area contributed by atoms with E-state index in [1.807, 2.05) is 0 Å². The number of nitrogens with zero attached hydrogens (tertiary/aromatic N) is 1. The Hall–Kier alpha value is -3.06. The number of benzene rings is 2. The van der Waals surface area contributed by atoms with E-state index in [0.717, 1.165) is 6.07 Å². The van der Waals surface area contributed by atoms with E-state index in [-0.39, 0.29) is 15.9 Å². The van der Waals surface area contributed by atoms with Crippen molar-refractivity contribution >= 4 is 33.2 Å². The summed E-state index contributed by atoms with van der Waals surface area (Å²) in [5, 5.41) is -6.60. The fourth-order valence-corrected chi connectivity index (χ4v) is 6.47. The number of halogens is 9. The topological polar surface area (TPSA) is 73.3 Å². The molecule has 0 aliphatic rings. The van der Waals surface area contributed by atoms with Crippen LogP contribution in [0.2, 0.25) is 0 Å². The first-order chi connectivity index (χ1) is 16.9. The van der Waals surface area contributed by atoms with Crippen molar-refractivity contribution in [1.29, 1.82) is 0 Å². The van der Waals surface area contributed by atoms with Crippen LogP contribution < -0.4 is 20.1 Å². The zero-order valence-electron chi connectivity index (χ0n) is 17.8. The Balaban J connectivity index is 2.00. The van der Waals surface area contributed by atoms with Gasteiger partial charge in [-0.15, -0.1) is 0 Å². The highest BCUT2D eigenvalue weighted by Gasteiger charge is 2.86. The van der Waals surface area contributed by atoms with Gasteiger partial charge < -0.3 is 8.75 Å². The summed E-state index contributed by atoms with van der Waals surface area (Å²) in [6, 6.07) is 16.8. The molecule has 3 rings (SSSR count). The lowest BCUT2D eigenvalue weighted by Gasteiger charge is -2.32. The molecule has 5 nitrogen and oxygen atoms in total. The minimum atomic E-state index is -7.45. The maximum absolute atomic E-state index is 14.1. The monoisotopic (exact) mass is 577 g/mol. The van der Waals surface area contributed by atoms with Gasteiger partial charge in [-0.3, -0.25) is 0 Å². The van der Waals surface area contributed by atoms with E-state index >= 15 is 0 Å². The van der Waals surface area contributed by atoms with Crippen molar-refractivity contribution in [2.24, 2.45) is 0 Å². The third-order valence-electron chi connectivity index (χ3n) is 4.95. The van der Waals surface area contributed by atoms with Gasteiger partial charge >= 0.3 is 33.4 Å². The van der Waals surface area contributed by atoms with Gasteiger partial charge in [-0.05, 0) is 6.07 Å². The molecule has 0 spiro atoms. The number of aromatic nitrogens is 1. The second-order valence-electron chi connectivity index (χ2n) is 7.34. The molecular weight excluding hydrogens is 564 g/mol. The fraction of sp³-hybridized carbons (Fsp3) is 0.190. The molecule has 16 heteroatoms. The Labute approximate surface area is 203 Å². The van der Waals surface area contributed by atoms with E-state index in [1.54, 1.807) is 36.4 Å². The van der Waals surface area contributed by atoms with Crippen LogP contribution in [-0.2, 0) is 14.7 Å². The zero-order valence-corrected chi connectivity index (χ0v) is 19.6. The van der Waals surface area contributed by atoms with Crippen LogP contribution in [0, 0.1) is 0 Å². The highest BCUT2D eigenvalue weighted by atomic mass is 32.2. The lowest BCUT2D eigenvalue weighted by molar-refractivity contribution is -0.382. The van der Waals surface area contributed by atoms with Crippen molar-refractivity contribution in [3.8, 4) is 5.88 Å². The van der Waals surface area contributed by atoms with E-state index < -0.39 is 46.4 Å². The molecule has 3 aromatic rings. The molecule has 0 saturated heterocycles. The van der Waals surface area contributed by atoms with Gasteiger partial charge in [0.2, 0.25) is 5.88 Å². The fourth-order valence-electron chi connectivity index (χ4n) is 3.01. The standard InChI is InChI=1S/C21H13F9NO4PS/c22-18(23,20(26,27)28)19(24,25)21(29,30)37(33,34)35-17-12-11-16(13-31-17)36(32,14-7-3-1-4-8-14)15-9-5-2-6-10-15/h1-13H. The molecule has 0 unspecified atom stereocenters. The van der Waals surface area contributed by atoms with Crippen LogP contribution in [-0.4, -0.2) is 36.7 Å². The number of pyridine rings is 1. The number of alkyl halides is 9. The van der Waals surface area contributed by atoms with Crippen LogP contribution in [0.25, 0.3) is 0 Å². The molecule has 0 saturated carbocycles. The van der Waals surface area contributed by atoms with Gasteiger partial charge in [-0.25, -0.2) is 4.98 Å². The van der Waals surface area contributed by atoms with E-state index in [9.17, 15) is 52.5 Å². The number of rotatable bonds is 8. The Bertz CT molecular complexity index is 1360. The second-order valence-corrected chi connectivity index (χ2v) is 11.7. The summed E-state index contributed by atoms with van der Waals surface area (Å²) in [6.45, 7) is 0. The quantitative estimate of drug-likeness (QED) is 0.218. The van der Waals surface area contributed by atoms with Crippen molar-refractivity contribution in [2.45, 2.75) is 23.3 Å². The predicted octanol–water partition coefficient (Wildman–Crippen LogP) is 4.86. The van der Waals surface area contributed by atoms with Crippen LogP contribution in [0.5, 0.6) is 5.88 Å². The summed E-state index contributed by atoms with van der Waals surface area (Å²) in [5.74, 6) is -16.3. The number of hydrogen-bond donors (Lipinski definition) is 0. The first-order valence-corrected chi connectivity index (χ1v) is 12.8. The van der Waals surface area contributed by atoms with Gasteiger partial charge in [0.1, 0.15) is 0 Å². The van der Waals surface area contributed by atoms with Crippen LogP contribution >= 0.6 is 7.14 Å². The Morgan fingerprint density at radius 3 is 1.49 bits per heavy atom. The van der Waals surface area contributed by atoms with Crippen molar-refractivity contribution in [3.63, 3.8) is 0 Å². The molecule has 200 valence electrons. The van der Waals surface area contributed by atoms with Crippen molar-refractivity contribution < 1.29 is 56.7 Å². The highest BCUT2D eigenvalue weighted by molar-refractivity contribution is 7.88. The summed E-state index contributed by atoms with van der Waals surface area (Å²) >= 11 is 0. The van der Waals surface area contributed by atoms with Crippen LogP contribution in [0.1, 0.15) is 0 Å². The highest BCUT2D eigenvalue weighted by Crippen LogP contribution is 2.55. The minimum Gasteiger partial charge on any atom is -0.357 e. The third kappa shape index (κ3) is 4.70. The lowest BCUT2D eigenvalue weighted by atomic mass is 10.1. The SMILES string of the molecule is O=P(c1ccccc1)(c1ccccc1)c1ccc(OS(=O)(=O)C(F)(F)C(F)(F)C(F)(F)C(F)(F)F)nc1. The summed E-state index contributed by atoms with van der Waals surface area (Å²) in [7, 11) is -10.9. The van der Waals surface area contributed by atoms with E-state index in [1.165, 1.54) is 24.3 Å². The lowest BCUT2D eigenvalue weighted by Crippen LogP contribution is -2.63. The molecule has 2 aromatic carbocycles. The van der Waals surface area contributed by atoms with Crippen molar-refractivity contribution in [3.05, 3.63) is 79.0 Å². The van der Waals surface area contributed by atoms with E-state index in [0.29, 0.717) is 12.3 Å². The Morgan fingerprint density at radius 1 is 0.649 bits per heavy atom. The van der Waals surface area contributed by atoms with Gasteiger partial charge in [0, 0.05) is 28.2 Å². The Kier molecular flexibility index (Phi) is 7.21. The molecule has 37 heavy (non-hydrogen) atoms. The molecule has 0 N–H and O–H groups in total. The average Bonchev–Trinajstić information content (AvgIpc) is 2.84. The molecule has 0 aliphatic carbocycles. The average molecular weight is 577 g/mol. The molecule has 0 bridgehead atoms. The smallest absolute Gasteiger partial charge is 0.357 e.